The highest BCUT2D eigenvalue weighted by atomic mass is 16.7. The van der Waals surface area contributed by atoms with Gasteiger partial charge in [0.2, 0.25) is 6.29 Å². The number of hydrogen-bond donors (Lipinski definition) is 9. The summed E-state index contributed by atoms with van der Waals surface area (Å²) in [5, 5.41) is 97.2. The summed E-state index contributed by atoms with van der Waals surface area (Å²) in [6, 6.07) is 0. The van der Waals surface area contributed by atoms with Crippen molar-refractivity contribution in [3.63, 3.8) is 0 Å². The highest BCUT2D eigenvalue weighted by Crippen LogP contribution is 2.76. The van der Waals surface area contributed by atoms with Crippen LogP contribution in [-0.4, -0.2) is 151 Å². The van der Waals surface area contributed by atoms with E-state index in [1.54, 1.807) is 0 Å². The fourth-order valence-corrected chi connectivity index (χ4v) is 13.8. The van der Waals surface area contributed by atoms with E-state index >= 15 is 0 Å². The molecule has 0 bridgehead atoms. The van der Waals surface area contributed by atoms with Crippen LogP contribution in [-0.2, 0) is 33.3 Å². The maximum Gasteiger partial charge on any atom is 0.315 e. The Bertz CT molecular complexity index is 1670. The number of aliphatic hydroxyl groups is 9. The van der Waals surface area contributed by atoms with Crippen molar-refractivity contribution in [2.24, 2.45) is 50.2 Å². The molecule has 0 spiro atoms. The van der Waals surface area contributed by atoms with Crippen molar-refractivity contribution in [1.29, 1.82) is 0 Å². The van der Waals surface area contributed by atoms with Crippen molar-refractivity contribution in [2.75, 3.05) is 13.2 Å². The molecular formula is C44H70O16. The van der Waals surface area contributed by atoms with Crippen LogP contribution in [0.1, 0.15) is 107 Å². The van der Waals surface area contributed by atoms with Crippen LogP contribution in [0.25, 0.3) is 0 Å². The van der Waals surface area contributed by atoms with Crippen LogP contribution in [0, 0.1) is 50.2 Å². The normalized spacial score (nSPS) is 52.0. The molecule has 60 heavy (non-hydrogen) atoms. The number of rotatable bonds is 7. The van der Waals surface area contributed by atoms with Crippen LogP contribution in [0.5, 0.6) is 0 Å². The molecule has 9 N–H and O–H groups in total. The Balaban J connectivity index is 1.16. The van der Waals surface area contributed by atoms with Crippen molar-refractivity contribution in [1.82, 2.24) is 0 Å². The fourth-order valence-electron chi connectivity index (χ4n) is 13.8. The van der Waals surface area contributed by atoms with Gasteiger partial charge in [0.15, 0.2) is 6.29 Å². The highest BCUT2D eigenvalue weighted by molar-refractivity contribution is 5.79. The van der Waals surface area contributed by atoms with E-state index in [-0.39, 0.29) is 22.7 Å². The molecule has 2 heterocycles. The molecule has 20 unspecified atom stereocenters. The molecule has 0 aromatic rings. The standard InChI is InChI=1S/C44H70O16/c1-20(46)57-22-17-41(6)25(40(4,5)34(22)53)11-12-43(8)26(41)10-9-21-27-35(54)39(2,3)13-15-44(27,16-14-42(21,43)7)38(55)60-37-33(52)31(50)29(48)24(59-37)19-56-36-32(51)30(49)28(47)23(18-45)58-36/h9,22-37,45,47-54H,10-19H2,1-8H3. The summed E-state index contributed by atoms with van der Waals surface area (Å²) in [5.41, 5.74) is -2.37. The first-order valence-corrected chi connectivity index (χ1v) is 21.9. The second-order valence-corrected chi connectivity index (χ2v) is 21.4. The number of ether oxygens (including phenoxy) is 5. The van der Waals surface area contributed by atoms with E-state index < -0.39 is 132 Å². The molecule has 16 heteroatoms. The number of fused-ring (bicyclic) bond motifs is 7. The molecule has 0 amide bonds. The topological polar surface area (TPSA) is 262 Å². The minimum absolute atomic E-state index is 0.136. The maximum absolute atomic E-state index is 14.9. The van der Waals surface area contributed by atoms with Crippen molar-refractivity contribution in [3.05, 3.63) is 11.6 Å². The molecule has 16 nitrogen and oxygen atoms in total. The van der Waals surface area contributed by atoms with Crippen molar-refractivity contribution in [3.8, 4) is 0 Å². The van der Waals surface area contributed by atoms with E-state index in [2.05, 4.69) is 40.7 Å². The number of allylic oxidation sites excluding steroid dienone is 1. The lowest BCUT2D eigenvalue weighted by Gasteiger charge is -2.71. The predicted molar refractivity (Wildman–Crippen MR) is 210 cm³/mol. The van der Waals surface area contributed by atoms with Gasteiger partial charge in [-0.05, 0) is 90.3 Å². The minimum Gasteiger partial charge on any atom is -0.460 e. The van der Waals surface area contributed by atoms with Gasteiger partial charge >= 0.3 is 11.9 Å². The van der Waals surface area contributed by atoms with Gasteiger partial charge in [0.1, 0.15) is 54.9 Å². The number of aliphatic hydroxyl groups excluding tert-OH is 9. The first-order chi connectivity index (χ1) is 27.8. The van der Waals surface area contributed by atoms with Gasteiger partial charge in [-0.15, -0.1) is 0 Å². The molecule has 0 aromatic carbocycles. The van der Waals surface area contributed by atoms with E-state index in [4.69, 9.17) is 23.7 Å². The van der Waals surface area contributed by atoms with Gasteiger partial charge in [-0.25, -0.2) is 0 Å². The van der Waals surface area contributed by atoms with Gasteiger partial charge in [0.05, 0.1) is 30.8 Å². The van der Waals surface area contributed by atoms with Gasteiger partial charge < -0.3 is 69.6 Å². The number of carbonyl (C=O) groups excluding carboxylic acids is 2. The smallest absolute Gasteiger partial charge is 0.315 e. The van der Waals surface area contributed by atoms with E-state index in [0.29, 0.717) is 38.5 Å². The summed E-state index contributed by atoms with van der Waals surface area (Å²) in [4.78, 5) is 27.1. The first kappa shape index (κ1) is 46.2. The Morgan fingerprint density at radius 3 is 1.95 bits per heavy atom. The van der Waals surface area contributed by atoms with Gasteiger partial charge in [-0.1, -0.05) is 60.1 Å². The summed E-state index contributed by atoms with van der Waals surface area (Å²) in [7, 11) is 0. The molecule has 5 aliphatic carbocycles. The molecule has 0 aromatic heterocycles. The zero-order valence-electron chi connectivity index (χ0n) is 36.3. The molecular weight excluding hydrogens is 784 g/mol. The van der Waals surface area contributed by atoms with Crippen LogP contribution in [0.15, 0.2) is 11.6 Å². The highest BCUT2D eigenvalue weighted by Gasteiger charge is 2.72. The molecule has 6 fully saturated rings. The van der Waals surface area contributed by atoms with Crippen molar-refractivity contribution < 1.29 is 79.2 Å². The molecule has 2 aliphatic heterocycles. The quantitative estimate of drug-likeness (QED) is 0.127. The molecule has 2 saturated heterocycles. The molecule has 7 rings (SSSR count). The van der Waals surface area contributed by atoms with E-state index in [1.807, 2.05) is 13.8 Å². The number of carbonyl (C=O) groups is 2. The Morgan fingerprint density at radius 2 is 1.32 bits per heavy atom. The second-order valence-electron chi connectivity index (χ2n) is 21.4. The van der Waals surface area contributed by atoms with E-state index in [1.165, 1.54) is 6.92 Å². The number of hydrogen-bond acceptors (Lipinski definition) is 16. The Kier molecular flexibility index (Phi) is 12.1. The van der Waals surface area contributed by atoms with Gasteiger partial charge in [-0.3, -0.25) is 9.59 Å². The average molecular weight is 855 g/mol. The third-order valence-corrected chi connectivity index (χ3v) is 17.7. The first-order valence-electron chi connectivity index (χ1n) is 21.9. The summed E-state index contributed by atoms with van der Waals surface area (Å²) in [5.74, 6) is -1.50. The van der Waals surface area contributed by atoms with Crippen LogP contribution in [0.2, 0.25) is 0 Å². The molecule has 0 radical (unpaired) electrons. The summed E-state index contributed by atoms with van der Waals surface area (Å²) >= 11 is 0. The summed E-state index contributed by atoms with van der Waals surface area (Å²) in [6.45, 7) is 15.1. The molecule has 342 valence electrons. The largest absolute Gasteiger partial charge is 0.460 e. The third-order valence-electron chi connectivity index (χ3n) is 17.7. The van der Waals surface area contributed by atoms with Crippen LogP contribution >= 0.6 is 0 Å². The monoisotopic (exact) mass is 854 g/mol. The summed E-state index contributed by atoms with van der Waals surface area (Å²) < 4.78 is 28.7. The van der Waals surface area contributed by atoms with E-state index in [9.17, 15) is 55.5 Å². The maximum atomic E-state index is 14.9. The minimum atomic E-state index is -1.86. The second kappa shape index (κ2) is 15.7. The molecule has 4 saturated carbocycles. The van der Waals surface area contributed by atoms with Crippen molar-refractivity contribution >= 4 is 11.9 Å². The third kappa shape index (κ3) is 6.84. The van der Waals surface area contributed by atoms with Gasteiger partial charge in [-0.2, -0.15) is 0 Å². The fraction of sp³-hybridized carbons (Fsp3) is 0.909. The number of esters is 2. The molecule has 20 atom stereocenters. The van der Waals surface area contributed by atoms with Gasteiger partial charge in [0, 0.05) is 12.8 Å². The van der Waals surface area contributed by atoms with Crippen LogP contribution in [0.3, 0.4) is 0 Å². The van der Waals surface area contributed by atoms with Crippen molar-refractivity contribution in [2.45, 2.75) is 186 Å². The average Bonchev–Trinajstić information content (AvgIpc) is 3.17. The Morgan fingerprint density at radius 1 is 0.717 bits per heavy atom. The zero-order chi connectivity index (χ0) is 44.3. The lowest BCUT2D eigenvalue weighted by Crippen LogP contribution is -2.68. The zero-order valence-corrected chi connectivity index (χ0v) is 36.3. The van der Waals surface area contributed by atoms with Crippen LogP contribution in [0.4, 0.5) is 0 Å². The van der Waals surface area contributed by atoms with E-state index in [0.717, 1.165) is 18.4 Å². The lowest BCUT2D eigenvalue weighted by molar-refractivity contribution is -0.328. The SMILES string of the molecule is CC(=O)OC1CC2(C)C(CCC3(C)C2CC=C2C4C(O)C(C)(C)CCC4(C(=O)OC4OC(COC5OC(CO)C(O)C(O)C5O)C(O)C(O)C4O)CCC23C)C(C)(C)C1O. The summed E-state index contributed by atoms with van der Waals surface area (Å²) in [6.07, 6.45) is -12.0. The molecule has 7 aliphatic rings. The van der Waals surface area contributed by atoms with Gasteiger partial charge in [0.25, 0.3) is 0 Å². The predicted octanol–water partition coefficient (Wildman–Crippen LogP) is 0.829. The Labute approximate surface area is 352 Å². The van der Waals surface area contributed by atoms with Crippen LogP contribution < -0.4 is 0 Å². The lowest BCUT2D eigenvalue weighted by atomic mass is 9.33. The Hall–Kier alpha value is -1.80.